The van der Waals surface area contributed by atoms with Gasteiger partial charge in [0.15, 0.2) is 0 Å². The first-order valence-corrected chi connectivity index (χ1v) is 9.17. The molecule has 0 radical (unpaired) electrons. The summed E-state index contributed by atoms with van der Waals surface area (Å²) in [6, 6.07) is 9.70. The van der Waals surface area contributed by atoms with E-state index in [-0.39, 0.29) is 17.9 Å². The summed E-state index contributed by atoms with van der Waals surface area (Å²) in [7, 11) is 3.88. The molecule has 2 aromatic rings. The van der Waals surface area contributed by atoms with Gasteiger partial charge in [0.2, 0.25) is 11.8 Å². The minimum Gasteiger partial charge on any atom is -0.351 e. The van der Waals surface area contributed by atoms with Crippen LogP contribution in [0.3, 0.4) is 0 Å². The van der Waals surface area contributed by atoms with Gasteiger partial charge in [-0.3, -0.25) is 19.2 Å². The molecule has 0 saturated carbocycles. The molecule has 0 fully saturated rings. The molecule has 0 saturated heterocycles. The predicted molar refractivity (Wildman–Crippen MR) is 103 cm³/mol. The van der Waals surface area contributed by atoms with Crippen molar-refractivity contribution < 1.29 is 9.59 Å². The molecule has 1 aliphatic heterocycles. The Morgan fingerprint density at radius 2 is 2.00 bits per heavy atom. The van der Waals surface area contributed by atoms with E-state index in [1.807, 2.05) is 65.8 Å². The summed E-state index contributed by atoms with van der Waals surface area (Å²) in [4.78, 5) is 28.3. The third kappa shape index (κ3) is 4.19. The van der Waals surface area contributed by atoms with E-state index in [9.17, 15) is 9.59 Å². The molecule has 7 heteroatoms. The SMILES string of the molecule is CC(=O)NCc1cc2n(n1)CCN(C(=O)[C@@H](c1ccccc1C)N(C)C)C2. The first kappa shape index (κ1) is 19.1. The lowest BCUT2D eigenvalue weighted by Gasteiger charge is -2.34. The maximum atomic E-state index is 13.3. The van der Waals surface area contributed by atoms with Gasteiger partial charge >= 0.3 is 0 Å². The number of aromatic nitrogens is 2. The second kappa shape index (κ2) is 7.92. The Kier molecular flexibility index (Phi) is 5.60. The summed E-state index contributed by atoms with van der Waals surface area (Å²) in [5, 5.41) is 7.29. The fourth-order valence-electron chi connectivity index (χ4n) is 3.51. The molecule has 0 bridgehead atoms. The third-order valence-electron chi connectivity index (χ3n) is 4.91. The number of carbonyl (C=O) groups is 2. The normalized spacial score (nSPS) is 14.8. The van der Waals surface area contributed by atoms with Gasteiger partial charge in [-0.05, 0) is 38.2 Å². The predicted octanol–water partition coefficient (Wildman–Crippen LogP) is 1.47. The Bertz CT molecular complexity index is 843. The van der Waals surface area contributed by atoms with Crippen molar-refractivity contribution in [1.82, 2.24) is 24.9 Å². The fraction of sp³-hybridized carbons (Fsp3) is 0.450. The Morgan fingerprint density at radius 3 is 2.67 bits per heavy atom. The van der Waals surface area contributed by atoms with Gasteiger partial charge in [-0.2, -0.15) is 5.10 Å². The number of hydrogen-bond acceptors (Lipinski definition) is 4. The minimum absolute atomic E-state index is 0.0789. The zero-order chi connectivity index (χ0) is 19.6. The highest BCUT2D eigenvalue weighted by atomic mass is 16.2. The van der Waals surface area contributed by atoms with Crippen molar-refractivity contribution in [2.24, 2.45) is 0 Å². The number of aryl methyl sites for hydroxylation is 1. The first-order chi connectivity index (χ1) is 12.9. The maximum Gasteiger partial charge on any atom is 0.244 e. The molecule has 0 unspecified atom stereocenters. The van der Waals surface area contributed by atoms with E-state index in [0.717, 1.165) is 22.5 Å². The summed E-state index contributed by atoms with van der Waals surface area (Å²) in [6.45, 7) is 5.76. The van der Waals surface area contributed by atoms with Crippen LogP contribution in [0.15, 0.2) is 30.3 Å². The number of hydrogen-bond donors (Lipinski definition) is 1. The van der Waals surface area contributed by atoms with Crippen molar-refractivity contribution in [2.45, 2.75) is 39.5 Å². The summed E-state index contributed by atoms with van der Waals surface area (Å²) in [5.41, 5.74) is 3.97. The summed E-state index contributed by atoms with van der Waals surface area (Å²) in [5.74, 6) is 0.0231. The van der Waals surface area contributed by atoms with E-state index in [0.29, 0.717) is 26.2 Å². The van der Waals surface area contributed by atoms with E-state index in [2.05, 4.69) is 10.4 Å². The van der Waals surface area contributed by atoms with Crippen LogP contribution in [0.5, 0.6) is 0 Å². The van der Waals surface area contributed by atoms with Gasteiger partial charge in [0.1, 0.15) is 6.04 Å². The van der Waals surface area contributed by atoms with E-state index >= 15 is 0 Å². The largest absolute Gasteiger partial charge is 0.351 e. The number of fused-ring (bicyclic) bond motifs is 1. The first-order valence-electron chi connectivity index (χ1n) is 9.17. The van der Waals surface area contributed by atoms with Crippen LogP contribution in [0.2, 0.25) is 0 Å². The van der Waals surface area contributed by atoms with Crippen LogP contribution in [0.25, 0.3) is 0 Å². The molecule has 1 atom stereocenters. The molecule has 0 spiro atoms. The molecular weight excluding hydrogens is 342 g/mol. The van der Waals surface area contributed by atoms with Gasteiger partial charge in [-0.15, -0.1) is 0 Å². The van der Waals surface area contributed by atoms with Crippen LogP contribution in [0, 0.1) is 6.92 Å². The Labute approximate surface area is 159 Å². The summed E-state index contributed by atoms with van der Waals surface area (Å²) < 4.78 is 1.93. The lowest BCUT2D eigenvalue weighted by Crippen LogP contribution is -2.44. The van der Waals surface area contributed by atoms with E-state index in [1.54, 1.807) is 0 Å². The maximum absolute atomic E-state index is 13.3. The molecule has 144 valence electrons. The molecule has 2 heterocycles. The van der Waals surface area contributed by atoms with Crippen LogP contribution >= 0.6 is 0 Å². The van der Waals surface area contributed by atoms with Crippen LogP contribution in [-0.4, -0.2) is 52.0 Å². The Morgan fingerprint density at radius 1 is 1.26 bits per heavy atom. The Balaban J connectivity index is 1.78. The van der Waals surface area contributed by atoms with Crippen molar-refractivity contribution in [2.75, 3.05) is 20.6 Å². The average Bonchev–Trinajstić information content (AvgIpc) is 3.03. The van der Waals surface area contributed by atoms with Gasteiger partial charge in [-0.1, -0.05) is 24.3 Å². The van der Waals surface area contributed by atoms with Crippen LogP contribution in [0.1, 0.15) is 35.5 Å². The van der Waals surface area contributed by atoms with Gasteiger partial charge in [0.25, 0.3) is 0 Å². The van der Waals surface area contributed by atoms with Gasteiger partial charge < -0.3 is 10.2 Å². The van der Waals surface area contributed by atoms with Crippen molar-refractivity contribution in [1.29, 1.82) is 0 Å². The Hall–Kier alpha value is -2.67. The zero-order valence-corrected chi connectivity index (χ0v) is 16.4. The summed E-state index contributed by atoms with van der Waals surface area (Å²) >= 11 is 0. The third-order valence-corrected chi connectivity index (χ3v) is 4.91. The van der Waals surface area contributed by atoms with Gasteiger partial charge in [-0.25, -0.2) is 0 Å². The number of amides is 2. The van der Waals surface area contributed by atoms with Crippen molar-refractivity contribution in [3.63, 3.8) is 0 Å². The minimum atomic E-state index is -0.306. The molecule has 1 N–H and O–H groups in total. The highest BCUT2D eigenvalue weighted by Gasteiger charge is 2.31. The fourth-order valence-corrected chi connectivity index (χ4v) is 3.51. The smallest absolute Gasteiger partial charge is 0.244 e. The molecular formula is C20H27N5O2. The van der Waals surface area contributed by atoms with Crippen molar-refractivity contribution in [3.8, 4) is 0 Å². The molecule has 1 aromatic heterocycles. The number of likely N-dealkylation sites (N-methyl/N-ethyl adjacent to an activating group) is 1. The van der Waals surface area contributed by atoms with E-state index in [1.165, 1.54) is 6.92 Å². The number of benzene rings is 1. The molecule has 1 aliphatic rings. The molecule has 0 aliphatic carbocycles. The van der Waals surface area contributed by atoms with E-state index in [4.69, 9.17) is 0 Å². The lowest BCUT2D eigenvalue weighted by molar-refractivity contribution is -0.138. The number of nitrogens with one attached hydrogen (secondary N) is 1. The molecule has 3 rings (SSSR count). The molecule has 27 heavy (non-hydrogen) atoms. The van der Waals surface area contributed by atoms with Crippen molar-refractivity contribution in [3.05, 3.63) is 52.8 Å². The number of rotatable bonds is 5. The topological polar surface area (TPSA) is 70.5 Å². The monoisotopic (exact) mass is 369 g/mol. The highest BCUT2D eigenvalue weighted by molar-refractivity contribution is 5.83. The van der Waals surface area contributed by atoms with Crippen LogP contribution in [-0.2, 0) is 29.2 Å². The number of nitrogens with zero attached hydrogens (tertiary/aromatic N) is 4. The van der Waals surface area contributed by atoms with Crippen LogP contribution in [0.4, 0.5) is 0 Å². The van der Waals surface area contributed by atoms with Gasteiger partial charge in [0.05, 0.1) is 31.0 Å². The number of carbonyl (C=O) groups excluding carboxylic acids is 2. The molecule has 7 nitrogen and oxygen atoms in total. The quantitative estimate of drug-likeness (QED) is 0.867. The standard InChI is InChI=1S/C20H27N5O2/c1-14-7-5-6-8-18(14)19(23(3)4)20(27)24-9-10-25-17(13-24)11-16(22-25)12-21-15(2)26/h5-8,11,19H,9-10,12-13H2,1-4H3,(H,21,26)/t19-/m1/s1. The zero-order valence-electron chi connectivity index (χ0n) is 16.4. The lowest BCUT2D eigenvalue weighted by atomic mass is 9.99. The average molecular weight is 369 g/mol. The van der Waals surface area contributed by atoms with Gasteiger partial charge in [0, 0.05) is 13.5 Å². The highest BCUT2D eigenvalue weighted by Crippen LogP contribution is 2.26. The van der Waals surface area contributed by atoms with Crippen molar-refractivity contribution >= 4 is 11.8 Å². The van der Waals surface area contributed by atoms with Crippen LogP contribution < -0.4 is 5.32 Å². The molecule has 2 amide bonds. The summed E-state index contributed by atoms with van der Waals surface area (Å²) in [6.07, 6.45) is 0. The molecule has 1 aromatic carbocycles. The second-order valence-corrected chi connectivity index (χ2v) is 7.24. The van der Waals surface area contributed by atoms with E-state index < -0.39 is 0 Å². The second-order valence-electron chi connectivity index (χ2n) is 7.24.